The maximum atomic E-state index is 17.4. The number of aliphatic hydroxyl groups excluding tert-OH is 1. The van der Waals surface area contributed by atoms with Crippen LogP contribution in [0, 0.1) is 28.6 Å². The number of hydrogen-bond acceptors (Lipinski definition) is 7. The highest BCUT2D eigenvalue weighted by atomic mass is 19.2. The molecule has 0 spiro atoms. The standard InChI is InChI=1S/C29H37F3O7/c1-6-8-23(37)38-14-21(35)29(39-22(36)7-2)15(3)11-16-17-12-18(30)24-25(31)19(33)9-10-26(24,4)28(17,32)20(34)13-27(16,29)5/h9-10,15-18,20,34H,6-8,11-14H2,1-5H3/t15?,16-,17-,18?,20?,26-,27-,28-,29-/m0/s1. The minimum absolute atomic E-state index is 0.0615. The van der Waals surface area contributed by atoms with E-state index in [4.69, 9.17) is 9.47 Å². The van der Waals surface area contributed by atoms with E-state index in [1.54, 1.807) is 27.7 Å². The van der Waals surface area contributed by atoms with E-state index in [1.165, 1.54) is 6.92 Å². The van der Waals surface area contributed by atoms with E-state index in [0.717, 1.165) is 12.2 Å². The van der Waals surface area contributed by atoms with Gasteiger partial charge in [0.15, 0.2) is 23.7 Å². The second-order valence-electron chi connectivity index (χ2n) is 12.0. The van der Waals surface area contributed by atoms with Crippen LogP contribution in [0.1, 0.15) is 73.1 Å². The summed E-state index contributed by atoms with van der Waals surface area (Å²) in [6.07, 6.45) is -1.99. The summed E-state index contributed by atoms with van der Waals surface area (Å²) in [6.45, 7) is 7.25. The number of fused-ring (bicyclic) bond motifs is 5. The van der Waals surface area contributed by atoms with Crippen LogP contribution in [0.5, 0.6) is 0 Å². The van der Waals surface area contributed by atoms with Gasteiger partial charge in [0.25, 0.3) is 0 Å². The second kappa shape index (κ2) is 9.85. The Morgan fingerprint density at radius 1 is 1.13 bits per heavy atom. The quantitative estimate of drug-likeness (QED) is 0.464. The lowest BCUT2D eigenvalue weighted by molar-refractivity contribution is -0.232. The van der Waals surface area contributed by atoms with Gasteiger partial charge in [0.2, 0.25) is 11.6 Å². The third-order valence-electron chi connectivity index (χ3n) is 10.0. The number of carbonyl (C=O) groups is 4. The van der Waals surface area contributed by atoms with Gasteiger partial charge < -0.3 is 14.6 Å². The fourth-order valence-electron chi connectivity index (χ4n) is 8.27. The molecule has 0 heterocycles. The van der Waals surface area contributed by atoms with Crippen molar-refractivity contribution in [3.63, 3.8) is 0 Å². The number of rotatable bonds is 7. The van der Waals surface area contributed by atoms with Crippen LogP contribution in [0.15, 0.2) is 23.6 Å². The summed E-state index contributed by atoms with van der Waals surface area (Å²) in [7, 11) is 0. The van der Waals surface area contributed by atoms with Gasteiger partial charge in [0.05, 0.1) is 6.10 Å². The van der Waals surface area contributed by atoms with Crippen molar-refractivity contribution in [1.82, 2.24) is 0 Å². The highest BCUT2D eigenvalue weighted by Crippen LogP contribution is 2.72. The van der Waals surface area contributed by atoms with Crippen molar-refractivity contribution in [1.29, 1.82) is 0 Å². The molecule has 0 aliphatic heterocycles. The molecule has 3 fully saturated rings. The average molecular weight is 555 g/mol. The Balaban J connectivity index is 1.82. The van der Waals surface area contributed by atoms with Crippen LogP contribution in [0.4, 0.5) is 13.2 Å². The second-order valence-corrected chi connectivity index (χ2v) is 12.0. The number of hydrogen-bond donors (Lipinski definition) is 1. The fourth-order valence-corrected chi connectivity index (χ4v) is 8.27. The number of esters is 2. The van der Waals surface area contributed by atoms with E-state index in [-0.39, 0.29) is 25.7 Å². The first kappa shape index (κ1) is 29.5. The highest BCUT2D eigenvalue weighted by molar-refractivity contribution is 6.04. The van der Waals surface area contributed by atoms with Gasteiger partial charge in [0.1, 0.15) is 6.17 Å². The average Bonchev–Trinajstić information content (AvgIpc) is 3.09. The lowest BCUT2D eigenvalue weighted by Crippen LogP contribution is -2.71. The maximum absolute atomic E-state index is 17.4. The molecule has 216 valence electrons. The third kappa shape index (κ3) is 3.87. The molecule has 0 aromatic rings. The molecule has 10 heteroatoms. The normalized spacial score (nSPS) is 42.9. The van der Waals surface area contributed by atoms with Crippen LogP contribution in [0.25, 0.3) is 0 Å². The van der Waals surface area contributed by atoms with E-state index < -0.39 is 100 Å². The zero-order valence-electron chi connectivity index (χ0n) is 23.0. The molecule has 9 atom stereocenters. The molecule has 0 aromatic carbocycles. The number of allylic oxidation sites excluding steroid dienone is 4. The van der Waals surface area contributed by atoms with Gasteiger partial charge in [-0.25, -0.2) is 13.2 Å². The molecule has 0 saturated heterocycles. The Morgan fingerprint density at radius 2 is 1.79 bits per heavy atom. The number of Topliss-reactive ketones (excluding diaryl/α,β-unsaturated/α-hetero) is 1. The number of carbonyl (C=O) groups excluding carboxylic acids is 4. The summed E-state index contributed by atoms with van der Waals surface area (Å²) in [5, 5.41) is 11.5. The van der Waals surface area contributed by atoms with Crippen molar-refractivity contribution >= 4 is 23.5 Å². The van der Waals surface area contributed by atoms with Crippen LogP contribution in [0.2, 0.25) is 0 Å². The SMILES string of the molecule is CCCC(=O)OCC(=O)[C@@]1(OC(=O)CC)C(C)C[C@H]2[C@@H]3CC(F)C4=C(F)C(=O)C=C[C@]4(C)[C@@]3(F)C(O)C[C@@]21C. The van der Waals surface area contributed by atoms with Crippen LogP contribution >= 0.6 is 0 Å². The topological polar surface area (TPSA) is 107 Å². The van der Waals surface area contributed by atoms with Gasteiger partial charge in [-0.1, -0.05) is 33.8 Å². The fraction of sp³-hybridized carbons (Fsp3) is 0.724. The first-order valence-corrected chi connectivity index (χ1v) is 13.7. The Hall–Kier alpha value is -2.49. The van der Waals surface area contributed by atoms with E-state index in [2.05, 4.69) is 0 Å². The third-order valence-corrected chi connectivity index (χ3v) is 10.0. The monoisotopic (exact) mass is 554 g/mol. The Labute approximate surface area is 226 Å². The van der Waals surface area contributed by atoms with Crippen molar-refractivity contribution < 1.29 is 46.9 Å². The first-order chi connectivity index (χ1) is 18.1. The molecule has 3 unspecified atom stereocenters. The van der Waals surface area contributed by atoms with Crippen LogP contribution < -0.4 is 0 Å². The lowest BCUT2D eigenvalue weighted by atomic mass is 9.44. The number of alkyl halides is 2. The molecular weight excluding hydrogens is 517 g/mol. The van der Waals surface area contributed by atoms with Crippen LogP contribution in [0.3, 0.4) is 0 Å². The summed E-state index contributed by atoms with van der Waals surface area (Å²) in [4.78, 5) is 50.6. The molecule has 3 saturated carbocycles. The minimum atomic E-state index is -2.56. The summed E-state index contributed by atoms with van der Waals surface area (Å²) in [5.41, 5.74) is -8.33. The van der Waals surface area contributed by atoms with E-state index >= 15 is 8.78 Å². The summed E-state index contributed by atoms with van der Waals surface area (Å²) >= 11 is 0. The van der Waals surface area contributed by atoms with Gasteiger partial charge in [-0.15, -0.1) is 0 Å². The largest absolute Gasteiger partial charge is 0.457 e. The Kier molecular flexibility index (Phi) is 7.45. The van der Waals surface area contributed by atoms with Gasteiger partial charge in [-0.2, -0.15) is 0 Å². The van der Waals surface area contributed by atoms with Crippen LogP contribution in [-0.4, -0.2) is 58.8 Å². The van der Waals surface area contributed by atoms with Gasteiger partial charge >= 0.3 is 11.9 Å². The zero-order valence-corrected chi connectivity index (χ0v) is 23.0. The number of ether oxygens (including phenoxy) is 2. The predicted molar refractivity (Wildman–Crippen MR) is 133 cm³/mol. The summed E-state index contributed by atoms with van der Waals surface area (Å²) in [5.74, 6) is -7.00. The van der Waals surface area contributed by atoms with E-state index in [0.29, 0.717) is 6.42 Å². The minimum Gasteiger partial charge on any atom is -0.457 e. The smallest absolute Gasteiger partial charge is 0.306 e. The molecule has 0 bridgehead atoms. The molecule has 0 aromatic heterocycles. The predicted octanol–water partition coefficient (Wildman–Crippen LogP) is 4.45. The first-order valence-electron chi connectivity index (χ1n) is 13.7. The molecule has 1 N–H and O–H groups in total. The summed E-state index contributed by atoms with van der Waals surface area (Å²) < 4.78 is 59.1. The molecule has 0 radical (unpaired) electrons. The van der Waals surface area contributed by atoms with Gasteiger partial charge in [-0.05, 0) is 44.6 Å². The molecule has 7 nitrogen and oxygen atoms in total. The molecule has 4 aliphatic carbocycles. The number of aliphatic hydroxyl groups is 1. The van der Waals surface area contributed by atoms with Gasteiger partial charge in [0, 0.05) is 41.1 Å². The highest BCUT2D eigenvalue weighted by Gasteiger charge is 2.78. The van der Waals surface area contributed by atoms with Crippen molar-refractivity contribution in [2.45, 2.75) is 96.7 Å². The van der Waals surface area contributed by atoms with E-state index in [9.17, 15) is 28.7 Å². The van der Waals surface area contributed by atoms with Crippen molar-refractivity contribution in [3.05, 3.63) is 23.6 Å². The molecule has 39 heavy (non-hydrogen) atoms. The van der Waals surface area contributed by atoms with E-state index in [1.807, 2.05) is 0 Å². The van der Waals surface area contributed by atoms with Crippen molar-refractivity contribution in [2.24, 2.45) is 28.6 Å². The molecule has 4 rings (SSSR count). The van der Waals surface area contributed by atoms with Crippen molar-refractivity contribution in [3.8, 4) is 0 Å². The Morgan fingerprint density at radius 3 is 2.41 bits per heavy atom. The molecule has 4 aliphatic rings. The maximum Gasteiger partial charge on any atom is 0.306 e. The summed E-state index contributed by atoms with van der Waals surface area (Å²) in [6, 6.07) is 0. The number of ketones is 2. The molecular formula is C29H37F3O7. The van der Waals surface area contributed by atoms with Crippen molar-refractivity contribution in [2.75, 3.05) is 6.61 Å². The molecule has 0 amide bonds. The zero-order chi connectivity index (χ0) is 29.1. The lowest BCUT2D eigenvalue weighted by Gasteiger charge is -2.63. The Bertz CT molecular complexity index is 1150. The number of halogens is 3. The van der Waals surface area contributed by atoms with Gasteiger partial charge in [-0.3, -0.25) is 19.2 Å². The van der Waals surface area contributed by atoms with Crippen LogP contribution in [-0.2, 0) is 28.7 Å².